The van der Waals surface area contributed by atoms with Crippen LogP contribution in [0.3, 0.4) is 0 Å². The van der Waals surface area contributed by atoms with Gasteiger partial charge in [-0.15, -0.1) is 0 Å². The van der Waals surface area contributed by atoms with E-state index in [-0.39, 0.29) is 19.0 Å². The van der Waals surface area contributed by atoms with E-state index in [9.17, 15) is 14.4 Å². The maximum atomic E-state index is 12.9. The highest BCUT2D eigenvalue weighted by atomic mass is 16.6. The summed E-state index contributed by atoms with van der Waals surface area (Å²) in [4.78, 5) is 40.0. The van der Waals surface area contributed by atoms with Crippen molar-refractivity contribution in [1.82, 2.24) is 9.80 Å². The summed E-state index contributed by atoms with van der Waals surface area (Å²) in [5.41, 5.74) is 0.278. The minimum atomic E-state index is -0.717. The number of esters is 1. The summed E-state index contributed by atoms with van der Waals surface area (Å²) >= 11 is 0. The predicted molar refractivity (Wildman–Crippen MR) is 95.5 cm³/mol. The number of benzene rings is 1. The Labute approximate surface area is 153 Å². The van der Waals surface area contributed by atoms with Crippen molar-refractivity contribution in [3.05, 3.63) is 35.9 Å². The summed E-state index contributed by atoms with van der Waals surface area (Å²) in [6.07, 6.45) is -0.166. The van der Waals surface area contributed by atoms with Gasteiger partial charge in [0.05, 0.1) is 7.11 Å². The molecule has 1 aromatic rings. The van der Waals surface area contributed by atoms with E-state index in [0.717, 1.165) is 5.56 Å². The van der Waals surface area contributed by atoms with E-state index in [0.29, 0.717) is 13.0 Å². The van der Waals surface area contributed by atoms with Gasteiger partial charge in [-0.05, 0) is 26.3 Å². The highest BCUT2D eigenvalue weighted by molar-refractivity contribution is 5.89. The van der Waals surface area contributed by atoms with Crippen LogP contribution in [0.2, 0.25) is 0 Å². The minimum Gasteiger partial charge on any atom is -0.468 e. The third kappa shape index (κ3) is 5.21. The largest absolute Gasteiger partial charge is 0.468 e. The number of piperazine rings is 1. The number of hydrogen-bond acceptors (Lipinski definition) is 5. The average Bonchev–Trinajstić information content (AvgIpc) is 2.57. The SMILES string of the molecule is COC(=O)CN1CCN(C(=O)OC(C)(C)C)C(Cc2ccccc2)C1=O. The fourth-order valence-corrected chi connectivity index (χ4v) is 2.79. The Morgan fingerprint density at radius 3 is 2.38 bits per heavy atom. The number of methoxy groups -OCH3 is 1. The van der Waals surface area contributed by atoms with Gasteiger partial charge in [0.2, 0.25) is 5.91 Å². The molecule has 1 aliphatic rings. The van der Waals surface area contributed by atoms with Crippen molar-refractivity contribution in [1.29, 1.82) is 0 Å². The van der Waals surface area contributed by atoms with Gasteiger partial charge in [-0.1, -0.05) is 30.3 Å². The van der Waals surface area contributed by atoms with Gasteiger partial charge >= 0.3 is 12.1 Å². The van der Waals surface area contributed by atoms with Crippen LogP contribution in [0.15, 0.2) is 30.3 Å². The summed E-state index contributed by atoms with van der Waals surface area (Å²) in [7, 11) is 1.28. The molecule has 0 N–H and O–H groups in total. The normalized spacial score (nSPS) is 17.8. The minimum absolute atomic E-state index is 0.122. The van der Waals surface area contributed by atoms with Crippen LogP contribution in [-0.4, -0.2) is 66.2 Å². The number of amides is 2. The molecule has 7 nitrogen and oxygen atoms in total. The topological polar surface area (TPSA) is 76.2 Å². The van der Waals surface area contributed by atoms with E-state index in [1.165, 1.54) is 16.9 Å². The van der Waals surface area contributed by atoms with Crippen molar-refractivity contribution in [2.24, 2.45) is 0 Å². The summed E-state index contributed by atoms with van der Waals surface area (Å²) < 4.78 is 10.1. The van der Waals surface area contributed by atoms with Gasteiger partial charge < -0.3 is 14.4 Å². The molecule has 1 aromatic carbocycles. The Bertz CT molecular complexity index is 654. The van der Waals surface area contributed by atoms with Gasteiger partial charge in [0.15, 0.2) is 0 Å². The molecule has 1 fully saturated rings. The molecule has 142 valence electrons. The fourth-order valence-electron chi connectivity index (χ4n) is 2.79. The van der Waals surface area contributed by atoms with Crippen LogP contribution in [0.1, 0.15) is 26.3 Å². The van der Waals surface area contributed by atoms with Gasteiger partial charge in [0.25, 0.3) is 0 Å². The highest BCUT2D eigenvalue weighted by Crippen LogP contribution is 2.20. The molecular weight excluding hydrogens is 336 g/mol. The molecule has 1 unspecified atom stereocenters. The van der Waals surface area contributed by atoms with Crippen LogP contribution < -0.4 is 0 Å². The quantitative estimate of drug-likeness (QED) is 0.764. The van der Waals surface area contributed by atoms with Crippen LogP contribution in [0.5, 0.6) is 0 Å². The van der Waals surface area contributed by atoms with Crippen LogP contribution >= 0.6 is 0 Å². The monoisotopic (exact) mass is 362 g/mol. The molecule has 0 radical (unpaired) electrons. The lowest BCUT2D eigenvalue weighted by Crippen LogP contribution is -2.60. The lowest BCUT2D eigenvalue weighted by atomic mass is 10.0. The molecule has 0 aromatic heterocycles. The number of nitrogens with zero attached hydrogens (tertiary/aromatic N) is 2. The van der Waals surface area contributed by atoms with Gasteiger partial charge in [-0.25, -0.2) is 4.79 Å². The second-order valence-corrected chi connectivity index (χ2v) is 7.22. The van der Waals surface area contributed by atoms with Crippen molar-refractivity contribution in [2.75, 3.05) is 26.7 Å². The first-order valence-electron chi connectivity index (χ1n) is 8.60. The molecule has 7 heteroatoms. The lowest BCUT2D eigenvalue weighted by molar-refractivity contribution is -0.151. The second kappa shape index (κ2) is 8.21. The van der Waals surface area contributed by atoms with Crippen molar-refractivity contribution in [3.8, 4) is 0 Å². The second-order valence-electron chi connectivity index (χ2n) is 7.22. The molecule has 1 atom stereocenters. The van der Waals surface area contributed by atoms with Gasteiger partial charge in [0, 0.05) is 19.5 Å². The maximum absolute atomic E-state index is 12.9. The number of hydrogen-bond donors (Lipinski definition) is 0. The average molecular weight is 362 g/mol. The van der Waals surface area contributed by atoms with Crippen molar-refractivity contribution >= 4 is 18.0 Å². The first-order chi connectivity index (χ1) is 12.2. The highest BCUT2D eigenvalue weighted by Gasteiger charge is 2.39. The Hall–Kier alpha value is -2.57. The van der Waals surface area contributed by atoms with E-state index in [4.69, 9.17) is 4.74 Å². The van der Waals surface area contributed by atoms with E-state index in [1.54, 1.807) is 20.8 Å². The standard InChI is InChI=1S/C19H26N2O5/c1-19(2,3)26-18(24)21-11-10-20(13-16(22)25-4)17(23)15(21)12-14-8-6-5-7-9-14/h5-9,15H,10-13H2,1-4H3. The molecule has 0 spiro atoms. The van der Waals surface area contributed by atoms with Crippen molar-refractivity contribution in [3.63, 3.8) is 0 Å². The smallest absolute Gasteiger partial charge is 0.411 e. The molecule has 0 bridgehead atoms. The van der Waals surface area contributed by atoms with E-state index >= 15 is 0 Å². The zero-order valence-corrected chi connectivity index (χ0v) is 15.7. The van der Waals surface area contributed by atoms with Crippen LogP contribution in [0.25, 0.3) is 0 Å². The number of carbonyl (C=O) groups is 3. The molecule has 1 heterocycles. The third-order valence-electron chi connectivity index (χ3n) is 4.03. The first-order valence-corrected chi connectivity index (χ1v) is 8.60. The first kappa shape index (κ1) is 19.8. The fraction of sp³-hybridized carbons (Fsp3) is 0.526. The lowest BCUT2D eigenvalue weighted by Gasteiger charge is -2.40. The Morgan fingerprint density at radius 1 is 1.15 bits per heavy atom. The Balaban J connectivity index is 2.22. The molecule has 2 rings (SSSR count). The van der Waals surface area contributed by atoms with E-state index in [1.807, 2.05) is 30.3 Å². The van der Waals surface area contributed by atoms with Crippen LogP contribution in [0, 0.1) is 0 Å². The third-order valence-corrected chi connectivity index (χ3v) is 4.03. The predicted octanol–water partition coefficient (Wildman–Crippen LogP) is 1.85. The molecule has 2 amide bonds. The summed E-state index contributed by atoms with van der Waals surface area (Å²) in [6.45, 7) is 5.79. The Kier molecular flexibility index (Phi) is 6.23. The molecule has 0 aliphatic carbocycles. The molecule has 0 saturated carbocycles. The molecular formula is C19H26N2O5. The number of rotatable bonds is 4. The van der Waals surface area contributed by atoms with Gasteiger partial charge in [0.1, 0.15) is 18.2 Å². The number of carbonyl (C=O) groups excluding carboxylic acids is 3. The van der Waals surface area contributed by atoms with Crippen LogP contribution in [0.4, 0.5) is 4.79 Å². The van der Waals surface area contributed by atoms with Crippen molar-refractivity contribution in [2.45, 2.75) is 38.8 Å². The molecule has 26 heavy (non-hydrogen) atoms. The maximum Gasteiger partial charge on any atom is 0.411 e. The van der Waals surface area contributed by atoms with E-state index in [2.05, 4.69) is 4.74 Å². The Morgan fingerprint density at radius 2 is 1.81 bits per heavy atom. The van der Waals surface area contributed by atoms with E-state index < -0.39 is 23.7 Å². The number of ether oxygens (including phenoxy) is 2. The molecule has 1 saturated heterocycles. The molecule has 1 aliphatic heterocycles. The van der Waals surface area contributed by atoms with Gasteiger partial charge in [-0.3, -0.25) is 14.5 Å². The summed E-state index contributed by atoms with van der Waals surface area (Å²) in [5, 5.41) is 0. The zero-order chi connectivity index (χ0) is 19.3. The zero-order valence-electron chi connectivity index (χ0n) is 15.7. The van der Waals surface area contributed by atoms with Crippen molar-refractivity contribution < 1.29 is 23.9 Å². The summed E-state index contributed by atoms with van der Waals surface area (Å²) in [5.74, 6) is -0.765. The van der Waals surface area contributed by atoms with Crippen LogP contribution in [-0.2, 0) is 25.5 Å². The summed E-state index contributed by atoms with van der Waals surface area (Å²) in [6, 6.07) is 8.74. The van der Waals surface area contributed by atoms with Gasteiger partial charge in [-0.2, -0.15) is 0 Å².